The van der Waals surface area contributed by atoms with Crippen molar-refractivity contribution in [3.05, 3.63) is 24.3 Å². The van der Waals surface area contributed by atoms with Crippen LogP contribution in [0.5, 0.6) is 0 Å². The highest BCUT2D eigenvalue weighted by Crippen LogP contribution is 2.40. The zero-order valence-corrected chi connectivity index (χ0v) is 20.0. The number of nitrogens with one attached hydrogen (secondary N) is 1. The Balaban J connectivity index is 1.24. The van der Waals surface area contributed by atoms with E-state index in [0.29, 0.717) is 11.8 Å². The topological polar surface area (TPSA) is 131 Å². The lowest BCUT2D eigenvalue weighted by atomic mass is 9.80. The summed E-state index contributed by atoms with van der Waals surface area (Å²) in [5.74, 6) is 0.484. The van der Waals surface area contributed by atoms with E-state index in [-0.39, 0.29) is 30.8 Å². The number of aromatic nitrogens is 6. The third kappa shape index (κ3) is 4.70. The molecule has 1 saturated heterocycles. The minimum absolute atomic E-state index is 0.0746. The number of carbonyl (C=O) groups excluding carboxylic acids is 2. The van der Waals surface area contributed by atoms with Gasteiger partial charge in [0.15, 0.2) is 0 Å². The van der Waals surface area contributed by atoms with Crippen LogP contribution in [0.25, 0.3) is 0 Å². The molecule has 11 nitrogen and oxygen atoms in total. The quantitative estimate of drug-likeness (QED) is 0.614. The number of rotatable bonds is 7. The fraction of sp³-hybridized carbons (Fsp3) is 0.739. The van der Waals surface area contributed by atoms with E-state index < -0.39 is 23.6 Å². The van der Waals surface area contributed by atoms with Crippen LogP contribution in [0.4, 0.5) is 0 Å². The molecule has 34 heavy (non-hydrogen) atoms. The molecule has 0 radical (unpaired) electrons. The molecule has 2 N–H and O–H groups in total. The second kappa shape index (κ2) is 8.75. The average Bonchev–Trinajstić information content (AvgIpc) is 3.12. The Kier molecular flexibility index (Phi) is 5.91. The summed E-state index contributed by atoms with van der Waals surface area (Å²) in [7, 11) is 0. The summed E-state index contributed by atoms with van der Waals surface area (Å²) in [4.78, 5) is 28.5. The maximum Gasteiger partial charge on any atom is 0.248 e. The summed E-state index contributed by atoms with van der Waals surface area (Å²) in [5.41, 5.74) is 0.478. The maximum atomic E-state index is 13.8. The van der Waals surface area contributed by atoms with Gasteiger partial charge in [-0.2, -0.15) is 0 Å². The van der Waals surface area contributed by atoms with Crippen LogP contribution in [0.15, 0.2) is 18.6 Å². The first-order chi connectivity index (χ1) is 16.2. The Hall–Kier alpha value is -2.82. The molecule has 3 heterocycles. The average molecular weight is 471 g/mol. The Labute approximate surface area is 198 Å². The van der Waals surface area contributed by atoms with Crippen LogP contribution in [0.2, 0.25) is 0 Å². The molecule has 2 saturated carbocycles. The van der Waals surface area contributed by atoms with Crippen molar-refractivity contribution in [3.63, 3.8) is 0 Å². The standard InChI is InChI=1S/C23H34N8O3/c1-23(2,3)20(31-13-18(26-28-31)15-4-5-15)22(34)30-12-17(32)10-19(30)21(33)25-16-8-14(9-16)11-29-7-6-24-27-29/h6-7,13-17,19-20,32H,4-5,8-12H2,1-3H3,(H,25,33)/t14?,16?,17?,19?,20-/m1/s1. The molecular formula is C23H34N8O3. The van der Waals surface area contributed by atoms with E-state index in [4.69, 9.17) is 0 Å². The van der Waals surface area contributed by atoms with Crippen molar-refractivity contribution in [3.8, 4) is 0 Å². The molecule has 5 rings (SSSR count). The second-order valence-corrected chi connectivity index (χ2v) is 11.2. The van der Waals surface area contributed by atoms with Gasteiger partial charge in [0.2, 0.25) is 11.8 Å². The van der Waals surface area contributed by atoms with Gasteiger partial charge in [-0.3, -0.25) is 14.3 Å². The van der Waals surface area contributed by atoms with E-state index in [2.05, 4.69) is 25.9 Å². The van der Waals surface area contributed by atoms with Crippen molar-refractivity contribution in [2.75, 3.05) is 6.54 Å². The lowest BCUT2D eigenvalue weighted by Gasteiger charge is -2.38. The van der Waals surface area contributed by atoms with E-state index >= 15 is 0 Å². The summed E-state index contributed by atoms with van der Waals surface area (Å²) < 4.78 is 3.46. The van der Waals surface area contributed by atoms with Crippen molar-refractivity contribution >= 4 is 11.8 Å². The zero-order chi connectivity index (χ0) is 24.0. The van der Waals surface area contributed by atoms with Crippen LogP contribution in [0.1, 0.15) is 70.5 Å². The van der Waals surface area contributed by atoms with Gasteiger partial charge in [-0.15, -0.1) is 10.2 Å². The molecular weight excluding hydrogens is 436 g/mol. The normalized spacial score (nSPS) is 27.9. The van der Waals surface area contributed by atoms with Gasteiger partial charge in [0.1, 0.15) is 12.1 Å². The monoisotopic (exact) mass is 470 g/mol. The van der Waals surface area contributed by atoms with Gasteiger partial charge in [0.05, 0.1) is 18.0 Å². The third-order valence-corrected chi connectivity index (χ3v) is 7.21. The van der Waals surface area contributed by atoms with Gasteiger partial charge in [-0.1, -0.05) is 31.2 Å². The number of amides is 2. The van der Waals surface area contributed by atoms with Crippen molar-refractivity contribution < 1.29 is 14.7 Å². The molecule has 3 atom stereocenters. The van der Waals surface area contributed by atoms with E-state index in [1.165, 1.54) is 0 Å². The molecule has 11 heteroatoms. The molecule has 1 aliphatic heterocycles. The predicted octanol–water partition coefficient (Wildman–Crippen LogP) is 0.891. The summed E-state index contributed by atoms with van der Waals surface area (Å²) in [6.07, 6.45) is 8.83. The van der Waals surface area contributed by atoms with Gasteiger partial charge in [0, 0.05) is 43.9 Å². The largest absolute Gasteiger partial charge is 0.391 e. The first kappa shape index (κ1) is 22.9. The van der Waals surface area contributed by atoms with Crippen LogP contribution in [0.3, 0.4) is 0 Å². The van der Waals surface area contributed by atoms with Gasteiger partial charge >= 0.3 is 0 Å². The first-order valence-corrected chi connectivity index (χ1v) is 12.2. The minimum atomic E-state index is -0.723. The summed E-state index contributed by atoms with van der Waals surface area (Å²) in [6.45, 7) is 6.89. The van der Waals surface area contributed by atoms with Gasteiger partial charge in [-0.05, 0) is 37.0 Å². The van der Waals surface area contributed by atoms with Crippen LogP contribution < -0.4 is 5.32 Å². The third-order valence-electron chi connectivity index (χ3n) is 7.21. The Bertz CT molecular complexity index is 1020. The molecule has 2 aliphatic carbocycles. The Morgan fingerprint density at radius 3 is 2.62 bits per heavy atom. The predicted molar refractivity (Wildman–Crippen MR) is 121 cm³/mol. The molecule has 0 aromatic carbocycles. The minimum Gasteiger partial charge on any atom is -0.391 e. The van der Waals surface area contributed by atoms with E-state index in [1.807, 2.05) is 37.8 Å². The first-order valence-electron chi connectivity index (χ1n) is 12.2. The summed E-state index contributed by atoms with van der Waals surface area (Å²) in [5, 5.41) is 29.9. The van der Waals surface area contributed by atoms with Crippen LogP contribution >= 0.6 is 0 Å². The molecule has 2 aromatic rings. The van der Waals surface area contributed by atoms with Crippen molar-refractivity contribution in [1.82, 2.24) is 40.2 Å². The van der Waals surface area contributed by atoms with E-state index in [1.54, 1.807) is 15.8 Å². The van der Waals surface area contributed by atoms with E-state index in [0.717, 1.165) is 37.9 Å². The fourth-order valence-corrected chi connectivity index (χ4v) is 5.22. The highest BCUT2D eigenvalue weighted by molar-refractivity contribution is 5.90. The maximum absolute atomic E-state index is 13.8. The summed E-state index contributed by atoms with van der Waals surface area (Å²) in [6, 6.07) is -1.22. The number of aliphatic hydroxyl groups is 1. The second-order valence-electron chi connectivity index (χ2n) is 11.2. The number of β-amino-alcohol motifs (C(OH)–C–C–N with tert-alkyl or cyclic N) is 1. The number of hydrogen-bond acceptors (Lipinski definition) is 7. The summed E-state index contributed by atoms with van der Waals surface area (Å²) >= 11 is 0. The Morgan fingerprint density at radius 2 is 1.97 bits per heavy atom. The molecule has 184 valence electrons. The highest BCUT2D eigenvalue weighted by atomic mass is 16.3. The van der Waals surface area contributed by atoms with Gasteiger partial charge in [0.25, 0.3) is 0 Å². The Morgan fingerprint density at radius 1 is 1.21 bits per heavy atom. The molecule has 2 amide bonds. The fourth-order valence-electron chi connectivity index (χ4n) is 5.22. The molecule has 3 fully saturated rings. The SMILES string of the molecule is CC(C)(C)[C@@H](C(=O)N1CC(O)CC1C(=O)NC1CC(Cn2ccnn2)C1)n1cc(C2CC2)nn1. The number of hydrogen-bond donors (Lipinski definition) is 2. The smallest absolute Gasteiger partial charge is 0.248 e. The number of likely N-dealkylation sites (tertiary alicyclic amines) is 1. The molecule has 2 aromatic heterocycles. The van der Waals surface area contributed by atoms with Crippen molar-refractivity contribution in [1.29, 1.82) is 0 Å². The number of carbonyl (C=O) groups is 2. The molecule has 3 aliphatic rings. The zero-order valence-electron chi connectivity index (χ0n) is 20.0. The van der Waals surface area contributed by atoms with E-state index in [9.17, 15) is 14.7 Å². The lowest BCUT2D eigenvalue weighted by Crippen LogP contribution is -2.54. The molecule has 0 bridgehead atoms. The van der Waals surface area contributed by atoms with Gasteiger partial charge < -0.3 is 15.3 Å². The van der Waals surface area contributed by atoms with Crippen LogP contribution in [-0.2, 0) is 16.1 Å². The number of aliphatic hydroxyl groups excluding tert-OH is 1. The van der Waals surface area contributed by atoms with Crippen LogP contribution in [0, 0.1) is 11.3 Å². The molecule has 0 spiro atoms. The number of nitrogens with zero attached hydrogens (tertiary/aromatic N) is 7. The van der Waals surface area contributed by atoms with Crippen molar-refractivity contribution in [2.45, 2.75) is 89.6 Å². The van der Waals surface area contributed by atoms with Gasteiger partial charge in [-0.25, -0.2) is 4.68 Å². The van der Waals surface area contributed by atoms with Crippen LogP contribution in [-0.4, -0.2) is 76.5 Å². The lowest BCUT2D eigenvalue weighted by molar-refractivity contribution is -0.144. The van der Waals surface area contributed by atoms with Crippen molar-refractivity contribution in [2.24, 2.45) is 11.3 Å². The highest BCUT2D eigenvalue weighted by Gasteiger charge is 2.46. The molecule has 2 unspecified atom stereocenters.